The van der Waals surface area contributed by atoms with E-state index in [1.165, 1.54) is 6.07 Å². The van der Waals surface area contributed by atoms with Gasteiger partial charge in [0.25, 0.3) is 5.56 Å². The Morgan fingerprint density at radius 2 is 2.30 bits per heavy atom. The molecule has 8 heteroatoms. The minimum Gasteiger partial charge on any atom is -0.481 e. The molecule has 2 aromatic rings. The van der Waals surface area contributed by atoms with Crippen LogP contribution in [-0.4, -0.2) is 31.4 Å². The van der Waals surface area contributed by atoms with E-state index in [0.29, 0.717) is 11.7 Å². The van der Waals surface area contributed by atoms with Crippen LogP contribution in [0, 0.1) is 6.92 Å². The molecule has 2 aromatic heterocycles. The maximum Gasteiger partial charge on any atom is 0.313 e. The van der Waals surface area contributed by atoms with Crippen LogP contribution in [0.25, 0.3) is 0 Å². The highest BCUT2D eigenvalue weighted by molar-refractivity contribution is 7.99. The molecule has 20 heavy (non-hydrogen) atoms. The first-order valence-electron chi connectivity index (χ1n) is 5.87. The minimum absolute atomic E-state index is 0.118. The van der Waals surface area contributed by atoms with Gasteiger partial charge in [-0.3, -0.25) is 9.59 Å². The van der Waals surface area contributed by atoms with Gasteiger partial charge in [0.15, 0.2) is 5.16 Å². The van der Waals surface area contributed by atoms with E-state index in [-0.39, 0.29) is 11.3 Å². The molecule has 0 aliphatic rings. The molecule has 0 saturated carbocycles. The number of carboxylic acids is 1. The summed E-state index contributed by atoms with van der Waals surface area (Å²) in [6, 6.07) is 1.37. The van der Waals surface area contributed by atoms with Gasteiger partial charge in [0, 0.05) is 36.3 Å². The van der Waals surface area contributed by atoms with E-state index >= 15 is 0 Å². The van der Waals surface area contributed by atoms with Crippen LogP contribution >= 0.6 is 23.1 Å². The summed E-state index contributed by atoms with van der Waals surface area (Å²) in [5, 5.41) is 12.1. The molecule has 0 aliphatic heterocycles. The van der Waals surface area contributed by atoms with Crippen molar-refractivity contribution < 1.29 is 9.90 Å². The molecule has 0 aromatic carbocycles. The van der Waals surface area contributed by atoms with E-state index in [2.05, 4.69) is 9.97 Å². The number of aromatic nitrogens is 3. The first-order chi connectivity index (χ1) is 9.54. The zero-order chi connectivity index (χ0) is 14.5. The van der Waals surface area contributed by atoms with Crippen molar-refractivity contribution in [2.45, 2.75) is 25.0 Å². The van der Waals surface area contributed by atoms with Crippen molar-refractivity contribution in [2.24, 2.45) is 0 Å². The molecule has 6 nitrogen and oxygen atoms in total. The van der Waals surface area contributed by atoms with Crippen LogP contribution in [0.4, 0.5) is 0 Å². The third-order valence-electron chi connectivity index (χ3n) is 2.41. The number of thioether (sulfide) groups is 1. The van der Waals surface area contributed by atoms with Crippen LogP contribution in [0.1, 0.15) is 10.7 Å². The van der Waals surface area contributed by atoms with Crippen LogP contribution < -0.4 is 5.56 Å². The van der Waals surface area contributed by atoms with Crippen LogP contribution in [0.3, 0.4) is 0 Å². The molecular weight excluding hydrogens is 298 g/mol. The number of aliphatic carboxylic acids is 1. The maximum atomic E-state index is 11.3. The van der Waals surface area contributed by atoms with Gasteiger partial charge in [-0.15, -0.1) is 11.3 Å². The largest absolute Gasteiger partial charge is 0.481 e. The molecule has 0 radical (unpaired) electrons. The number of rotatable bonds is 6. The van der Waals surface area contributed by atoms with E-state index < -0.39 is 5.97 Å². The highest BCUT2D eigenvalue weighted by Crippen LogP contribution is 2.15. The van der Waals surface area contributed by atoms with Crippen molar-refractivity contribution in [3.63, 3.8) is 0 Å². The summed E-state index contributed by atoms with van der Waals surface area (Å²) in [7, 11) is 0. The lowest BCUT2D eigenvalue weighted by Crippen LogP contribution is -2.15. The van der Waals surface area contributed by atoms with Crippen molar-refractivity contribution in [1.82, 2.24) is 14.5 Å². The molecule has 0 saturated heterocycles. The Morgan fingerprint density at radius 3 is 2.95 bits per heavy atom. The van der Waals surface area contributed by atoms with Gasteiger partial charge in [-0.25, -0.2) is 4.98 Å². The lowest BCUT2D eigenvalue weighted by atomic mass is 10.4. The summed E-state index contributed by atoms with van der Waals surface area (Å²) in [5.74, 6) is -1.05. The summed E-state index contributed by atoms with van der Waals surface area (Å²) >= 11 is 2.63. The van der Waals surface area contributed by atoms with Gasteiger partial charge in [0.1, 0.15) is 0 Å². The fourth-order valence-corrected chi connectivity index (χ4v) is 3.05. The average Bonchev–Trinajstić information content (AvgIpc) is 2.81. The minimum atomic E-state index is -0.935. The van der Waals surface area contributed by atoms with E-state index in [0.717, 1.165) is 28.9 Å². The quantitative estimate of drug-likeness (QED) is 0.641. The molecule has 0 atom stereocenters. The highest BCUT2D eigenvalue weighted by Gasteiger charge is 2.08. The van der Waals surface area contributed by atoms with Gasteiger partial charge >= 0.3 is 5.97 Å². The first-order valence-corrected chi connectivity index (χ1v) is 7.74. The lowest BCUT2D eigenvalue weighted by molar-refractivity contribution is -0.133. The monoisotopic (exact) mass is 311 g/mol. The third-order valence-corrected chi connectivity index (χ3v) is 4.41. The fourth-order valence-electron chi connectivity index (χ4n) is 1.56. The van der Waals surface area contributed by atoms with E-state index in [1.807, 2.05) is 12.3 Å². The number of thiazole rings is 1. The maximum absolute atomic E-state index is 11.3. The van der Waals surface area contributed by atoms with E-state index in [4.69, 9.17) is 5.11 Å². The summed E-state index contributed by atoms with van der Waals surface area (Å²) in [6.45, 7) is 2.55. The molecule has 0 aliphatic carbocycles. The molecule has 0 fully saturated rings. The molecule has 0 amide bonds. The molecule has 1 N–H and O–H groups in total. The summed E-state index contributed by atoms with van der Waals surface area (Å²) < 4.78 is 1.78. The predicted molar refractivity (Wildman–Crippen MR) is 77.4 cm³/mol. The van der Waals surface area contributed by atoms with Gasteiger partial charge in [-0.2, -0.15) is 4.98 Å². The SMILES string of the molecule is Cc1csc(CCn2ccc(=O)nc2SCC(=O)O)n1. The zero-order valence-corrected chi connectivity index (χ0v) is 12.4. The number of nitrogens with zero attached hydrogens (tertiary/aromatic N) is 3. The molecule has 0 unspecified atom stereocenters. The average molecular weight is 311 g/mol. The van der Waals surface area contributed by atoms with Crippen LogP contribution in [0.5, 0.6) is 0 Å². The van der Waals surface area contributed by atoms with Crippen molar-refractivity contribution in [1.29, 1.82) is 0 Å². The van der Waals surface area contributed by atoms with Crippen molar-refractivity contribution >= 4 is 29.1 Å². The second-order valence-electron chi connectivity index (χ2n) is 4.06. The summed E-state index contributed by atoms with van der Waals surface area (Å²) in [4.78, 5) is 30.1. The molecule has 2 heterocycles. The molecular formula is C12H13N3O3S2. The third kappa shape index (κ3) is 4.17. The second kappa shape index (κ2) is 6.67. The van der Waals surface area contributed by atoms with Crippen LogP contribution in [0.2, 0.25) is 0 Å². The Morgan fingerprint density at radius 1 is 1.50 bits per heavy atom. The molecule has 0 bridgehead atoms. The van der Waals surface area contributed by atoms with Crippen molar-refractivity contribution in [3.8, 4) is 0 Å². The number of hydrogen-bond donors (Lipinski definition) is 1. The number of hydrogen-bond acceptors (Lipinski definition) is 6. The Labute approximate surface area is 123 Å². The zero-order valence-electron chi connectivity index (χ0n) is 10.8. The second-order valence-corrected chi connectivity index (χ2v) is 5.94. The van der Waals surface area contributed by atoms with Crippen LogP contribution in [-0.2, 0) is 17.8 Å². The summed E-state index contributed by atoms with van der Waals surface area (Å²) in [6.07, 6.45) is 2.36. The van der Waals surface area contributed by atoms with Crippen molar-refractivity contribution in [3.05, 3.63) is 38.7 Å². The van der Waals surface area contributed by atoms with E-state index in [1.54, 1.807) is 22.1 Å². The van der Waals surface area contributed by atoms with Crippen molar-refractivity contribution in [2.75, 3.05) is 5.75 Å². The Balaban J connectivity index is 2.09. The topological polar surface area (TPSA) is 85.1 Å². The first kappa shape index (κ1) is 14.7. The van der Waals surface area contributed by atoms with Gasteiger partial charge < -0.3 is 9.67 Å². The standard InChI is InChI=1S/C12H13N3O3S2/c1-8-6-19-10(13-8)3-5-15-4-2-9(16)14-12(15)20-7-11(17)18/h2,4,6H,3,5,7H2,1H3,(H,17,18). The smallest absolute Gasteiger partial charge is 0.313 e. The number of carboxylic acid groups (broad SMARTS) is 1. The summed E-state index contributed by atoms with van der Waals surface area (Å²) in [5.41, 5.74) is 0.628. The highest BCUT2D eigenvalue weighted by atomic mass is 32.2. The molecule has 0 spiro atoms. The normalized spacial score (nSPS) is 10.7. The Hall–Kier alpha value is -1.67. The van der Waals surface area contributed by atoms with Gasteiger partial charge in [0.05, 0.1) is 10.8 Å². The Bertz CT molecular complexity index is 666. The van der Waals surface area contributed by atoms with Gasteiger partial charge in [-0.1, -0.05) is 11.8 Å². The van der Waals surface area contributed by atoms with Crippen LogP contribution in [0.15, 0.2) is 27.6 Å². The van der Waals surface area contributed by atoms with Gasteiger partial charge in [0.2, 0.25) is 0 Å². The molecule has 106 valence electrons. The number of aryl methyl sites for hydroxylation is 3. The predicted octanol–water partition coefficient (Wildman–Crippen LogP) is 1.43. The van der Waals surface area contributed by atoms with E-state index in [9.17, 15) is 9.59 Å². The number of carbonyl (C=O) groups is 1. The Kier molecular flexibility index (Phi) is 4.91. The van der Waals surface area contributed by atoms with Gasteiger partial charge in [-0.05, 0) is 6.92 Å². The lowest BCUT2D eigenvalue weighted by Gasteiger charge is -2.09. The molecule has 2 rings (SSSR count). The fraction of sp³-hybridized carbons (Fsp3) is 0.333.